The Morgan fingerprint density at radius 2 is 2.04 bits per heavy atom. The number of hydrogen-bond donors (Lipinski definition) is 0. The molecule has 0 radical (unpaired) electrons. The van der Waals surface area contributed by atoms with Crippen molar-refractivity contribution in [2.24, 2.45) is 0 Å². The van der Waals surface area contributed by atoms with Crippen LogP contribution in [0.3, 0.4) is 0 Å². The maximum Gasteiger partial charge on any atom is 0.291 e. The molecule has 1 amide bonds. The van der Waals surface area contributed by atoms with E-state index in [1.54, 1.807) is 23.4 Å². The van der Waals surface area contributed by atoms with Crippen LogP contribution in [0, 0.1) is 13.8 Å². The lowest BCUT2D eigenvalue weighted by Crippen LogP contribution is -2.45. The number of rotatable bonds is 3. The van der Waals surface area contributed by atoms with Gasteiger partial charge >= 0.3 is 0 Å². The minimum Gasteiger partial charge on any atom is -0.472 e. The number of ether oxygens (including phenoxy) is 1. The molecule has 0 N–H and O–H groups in total. The van der Waals surface area contributed by atoms with Crippen LogP contribution in [0.5, 0.6) is 5.88 Å². The summed E-state index contributed by atoms with van der Waals surface area (Å²) in [6.45, 7) is 4.95. The lowest BCUT2D eigenvalue weighted by Gasteiger charge is -2.32. The first-order chi connectivity index (χ1) is 11.1. The topological polar surface area (TPSA) is 81.1 Å². The predicted octanol–water partition coefficient (Wildman–Crippen LogP) is 1.57. The summed E-state index contributed by atoms with van der Waals surface area (Å²) in [5, 5.41) is 0. The largest absolute Gasteiger partial charge is 0.472 e. The highest BCUT2D eigenvalue weighted by molar-refractivity contribution is 5.90. The Bertz CT molecular complexity index is 672. The van der Waals surface area contributed by atoms with Crippen LogP contribution in [0.1, 0.15) is 35.0 Å². The van der Waals surface area contributed by atoms with Crippen molar-refractivity contribution in [3.8, 4) is 5.88 Å². The molecule has 1 unspecified atom stereocenters. The smallest absolute Gasteiger partial charge is 0.291 e. The van der Waals surface area contributed by atoms with Gasteiger partial charge < -0.3 is 9.64 Å². The van der Waals surface area contributed by atoms with Gasteiger partial charge in [0.25, 0.3) is 5.91 Å². The van der Waals surface area contributed by atoms with Gasteiger partial charge in [-0.2, -0.15) is 4.98 Å². The minimum absolute atomic E-state index is 0.0786. The number of nitrogens with zero attached hydrogens (tertiary/aromatic N) is 5. The normalized spacial score (nSPS) is 17.8. The molecular formula is C16H19N5O2. The molecule has 3 rings (SSSR count). The van der Waals surface area contributed by atoms with Crippen LogP contribution >= 0.6 is 0 Å². The number of likely N-dealkylation sites (tertiary alicyclic amines) is 1. The van der Waals surface area contributed by atoms with E-state index in [-0.39, 0.29) is 17.8 Å². The first-order valence-corrected chi connectivity index (χ1v) is 7.67. The fourth-order valence-electron chi connectivity index (χ4n) is 2.68. The van der Waals surface area contributed by atoms with E-state index >= 15 is 0 Å². The minimum atomic E-state index is -0.158. The van der Waals surface area contributed by atoms with Gasteiger partial charge in [0.1, 0.15) is 11.9 Å². The Morgan fingerprint density at radius 3 is 2.78 bits per heavy atom. The Balaban J connectivity index is 1.67. The number of hydrogen-bond acceptors (Lipinski definition) is 6. The van der Waals surface area contributed by atoms with Gasteiger partial charge in [-0.1, -0.05) is 0 Å². The third kappa shape index (κ3) is 3.80. The number of carbonyl (C=O) groups excluding carboxylic acids is 1. The molecule has 0 saturated carbocycles. The second-order valence-corrected chi connectivity index (χ2v) is 5.60. The molecule has 0 aromatic carbocycles. The van der Waals surface area contributed by atoms with E-state index in [2.05, 4.69) is 19.9 Å². The molecule has 1 saturated heterocycles. The average molecular weight is 313 g/mol. The van der Waals surface area contributed by atoms with Crippen LogP contribution in [-0.4, -0.2) is 49.9 Å². The zero-order valence-corrected chi connectivity index (χ0v) is 13.3. The van der Waals surface area contributed by atoms with E-state index in [0.29, 0.717) is 24.8 Å². The van der Waals surface area contributed by atoms with Crippen molar-refractivity contribution in [3.63, 3.8) is 0 Å². The zero-order valence-electron chi connectivity index (χ0n) is 13.3. The summed E-state index contributed by atoms with van der Waals surface area (Å²) in [5.41, 5.74) is 0.869. The Morgan fingerprint density at radius 1 is 1.26 bits per heavy atom. The molecule has 7 heteroatoms. The van der Waals surface area contributed by atoms with Gasteiger partial charge in [0.05, 0.1) is 6.54 Å². The van der Waals surface area contributed by atoms with Gasteiger partial charge in [0.2, 0.25) is 11.7 Å². The highest BCUT2D eigenvalue weighted by atomic mass is 16.5. The molecule has 120 valence electrons. The summed E-state index contributed by atoms with van der Waals surface area (Å²) in [5.74, 6) is 1.31. The van der Waals surface area contributed by atoms with E-state index in [9.17, 15) is 4.79 Å². The molecule has 0 bridgehead atoms. The molecule has 3 heterocycles. The molecule has 1 aliphatic rings. The third-order valence-electron chi connectivity index (χ3n) is 3.65. The summed E-state index contributed by atoms with van der Waals surface area (Å²) in [4.78, 5) is 30.7. The van der Waals surface area contributed by atoms with Crippen LogP contribution < -0.4 is 4.74 Å². The lowest BCUT2D eigenvalue weighted by atomic mass is 10.1. The van der Waals surface area contributed by atoms with Crippen LogP contribution in [0.2, 0.25) is 0 Å². The molecule has 0 spiro atoms. The summed E-state index contributed by atoms with van der Waals surface area (Å²) < 4.78 is 5.95. The number of aromatic nitrogens is 4. The summed E-state index contributed by atoms with van der Waals surface area (Å²) in [6, 6.07) is 3.51. The van der Waals surface area contributed by atoms with Crippen molar-refractivity contribution < 1.29 is 9.53 Å². The molecule has 2 aromatic rings. The Kier molecular flexibility index (Phi) is 4.45. The zero-order chi connectivity index (χ0) is 16.2. The fraction of sp³-hybridized carbons (Fsp3) is 0.438. The van der Waals surface area contributed by atoms with E-state index < -0.39 is 0 Å². The Labute approximate surface area is 134 Å². The van der Waals surface area contributed by atoms with Crippen LogP contribution in [0.25, 0.3) is 0 Å². The van der Waals surface area contributed by atoms with Crippen molar-refractivity contribution >= 4 is 5.91 Å². The molecule has 2 aromatic heterocycles. The first-order valence-electron chi connectivity index (χ1n) is 7.67. The number of aryl methyl sites for hydroxylation is 2. The van der Waals surface area contributed by atoms with Crippen molar-refractivity contribution in [3.05, 3.63) is 41.9 Å². The summed E-state index contributed by atoms with van der Waals surface area (Å²) in [7, 11) is 0. The second kappa shape index (κ2) is 6.68. The van der Waals surface area contributed by atoms with E-state index in [0.717, 1.165) is 18.5 Å². The van der Waals surface area contributed by atoms with Crippen molar-refractivity contribution in [2.45, 2.75) is 32.8 Å². The molecule has 23 heavy (non-hydrogen) atoms. The monoisotopic (exact) mass is 313 g/mol. The third-order valence-corrected chi connectivity index (χ3v) is 3.65. The van der Waals surface area contributed by atoms with Gasteiger partial charge in [0.15, 0.2) is 0 Å². The summed E-state index contributed by atoms with van der Waals surface area (Å²) in [6.07, 6.45) is 4.84. The van der Waals surface area contributed by atoms with Crippen molar-refractivity contribution in [2.75, 3.05) is 13.1 Å². The van der Waals surface area contributed by atoms with Gasteiger partial charge in [-0.05, 0) is 32.8 Å². The standard InChI is InChI=1S/C16H19N5O2/c1-11-9-14(20-12(2)19-11)23-13-5-3-8-21(10-13)16(22)15-17-6-4-7-18-15/h4,6-7,9,13H,3,5,8,10H2,1-2H3. The maximum atomic E-state index is 12.4. The number of amides is 1. The van der Waals surface area contributed by atoms with Crippen molar-refractivity contribution in [1.29, 1.82) is 0 Å². The SMILES string of the molecule is Cc1cc(OC2CCCN(C(=O)c3ncccn3)C2)nc(C)n1. The van der Waals surface area contributed by atoms with E-state index in [1.807, 2.05) is 19.9 Å². The quantitative estimate of drug-likeness (QED) is 0.855. The second-order valence-electron chi connectivity index (χ2n) is 5.60. The molecule has 1 aliphatic heterocycles. The number of carbonyl (C=O) groups is 1. The van der Waals surface area contributed by atoms with Gasteiger partial charge in [-0.3, -0.25) is 4.79 Å². The molecule has 7 nitrogen and oxygen atoms in total. The van der Waals surface area contributed by atoms with Gasteiger partial charge in [0, 0.05) is 30.7 Å². The highest BCUT2D eigenvalue weighted by Gasteiger charge is 2.27. The van der Waals surface area contributed by atoms with Crippen LogP contribution in [0.15, 0.2) is 24.5 Å². The lowest BCUT2D eigenvalue weighted by molar-refractivity contribution is 0.0516. The molecule has 1 atom stereocenters. The van der Waals surface area contributed by atoms with E-state index in [4.69, 9.17) is 4.74 Å². The molecule has 1 fully saturated rings. The van der Waals surface area contributed by atoms with Crippen molar-refractivity contribution in [1.82, 2.24) is 24.8 Å². The fourth-order valence-corrected chi connectivity index (χ4v) is 2.68. The number of piperidine rings is 1. The summed E-state index contributed by atoms with van der Waals surface area (Å²) >= 11 is 0. The van der Waals surface area contributed by atoms with Gasteiger partial charge in [-0.25, -0.2) is 15.0 Å². The van der Waals surface area contributed by atoms with Crippen LogP contribution in [-0.2, 0) is 0 Å². The maximum absolute atomic E-state index is 12.4. The van der Waals surface area contributed by atoms with E-state index in [1.165, 1.54) is 0 Å². The highest BCUT2D eigenvalue weighted by Crippen LogP contribution is 2.18. The predicted molar refractivity (Wildman–Crippen MR) is 83.1 cm³/mol. The Hall–Kier alpha value is -2.57. The molecule has 0 aliphatic carbocycles. The van der Waals surface area contributed by atoms with Gasteiger partial charge in [-0.15, -0.1) is 0 Å². The molecular weight excluding hydrogens is 294 g/mol. The average Bonchev–Trinajstić information content (AvgIpc) is 2.54. The first kappa shape index (κ1) is 15.3. The van der Waals surface area contributed by atoms with Crippen LogP contribution in [0.4, 0.5) is 0 Å².